The molecule has 2 unspecified atom stereocenters. The maximum absolute atomic E-state index is 3.53. The number of fused-ring (bicyclic) bond motifs is 1. The maximum atomic E-state index is 3.53. The summed E-state index contributed by atoms with van der Waals surface area (Å²) in [5.74, 6) is 1.88. The second-order valence-corrected chi connectivity index (χ2v) is 5.52. The van der Waals surface area contributed by atoms with Crippen molar-refractivity contribution in [3.63, 3.8) is 0 Å². The van der Waals surface area contributed by atoms with Crippen molar-refractivity contribution >= 4 is 0 Å². The topological polar surface area (TPSA) is 15.3 Å². The van der Waals surface area contributed by atoms with Crippen molar-refractivity contribution in [2.45, 2.75) is 19.4 Å². The molecule has 2 saturated heterocycles. The molecule has 0 spiro atoms. The summed E-state index contributed by atoms with van der Waals surface area (Å²) in [5, 5.41) is 3.53. The van der Waals surface area contributed by atoms with Gasteiger partial charge in [0, 0.05) is 13.1 Å². The van der Waals surface area contributed by atoms with E-state index in [1.165, 1.54) is 44.6 Å². The molecule has 2 heteroatoms. The summed E-state index contributed by atoms with van der Waals surface area (Å²) in [6.07, 6.45) is 2.75. The summed E-state index contributed by atoms with van der Waals surface area (Å²) in [4.78, 5) is 2.64. The predicted molar refractivity (Wildman–Crippen MR) is 70.8 cm³/mol. The van der Waals surface area contributed by atoms with Gasteiger partial charge in [-0.2, -0.15) is 0 Å². The van der Waals surface area contributed by atoms with Crippen LogP contribution in [0.5, 0.6) is 0 Å². The zero-order chi connectivity index (χ0) is 11.5. The van der Waals surface area contributed by atoms with Gasteiger partial charge in [-0.15, -0.1) is 0 Å². The van der Waals surface area contributed by atoms with Crippen LogP contribution in [0.3, 0.4) is 0 Å². The molecule has 2 aliphatic rings. The standard InChI is InChI=1S/C15H22N2/c1-2-4-13(5-3-1)11-17-9-7-14-10-16-8-6-15(14)12-17/h1-5,14-16H,6-12H2. The highest BCUT2D eigenvalue weighted by Crippen LogP contribution is 2.28. The average molecular weight is 230 g/mol. The Labute approximate surface area is 104 Å². The molecule has 0 aliphatic carbocycles. The third-order valence-corrected chi connectivity index (χ3v) is 4.32. The fourth-order valence-electron chi connectivity index (χ4n) is 3.31. The van der Waals surface area contributed by atoms with Crippen LogP contribution in [-0.4, -0.2) is 31.1 Å². The van der Waals surface area contributed by atoms with Crippen molar-refractivity contribution in [2.24, 2.45) is 11.8 Å². The monoisotopic (exact) mass is 230 g/mol. The first-order valence-electron chi connectivity index (χ1n) is 6.89. The van der Waals surface area contributed by atoms with Crippen molar-refractivity contribution in [1.29, 1.82) is 0 Å². The summed E-state index contributed by atoms with van der Waals surface area (Å²) in [6, 6.07) is 10.9. The highest BCUT2D eigenvalue weighted by Gasteiger charge is 2.30. The van der Waals surface area contributed by atoms with Crippen molar-refractivity contribution < 1.29 is 0 Å². The number of nitrogens with one attached hydrogen (secondary N) is 1. The van der Waals surface area contributed by atoms with Crippen molar-refractivity contribution in [3.05, 3.63) is 35.9 Å². The fraction of sp³-hybridized carbons (Fsp3) is 0.600. The highest BCUT2D eigenvalue weighted by molar-refractivity contribution is 5.14. The molecule has 0 saturated carbocycles. The molecule has 0 radical (unpaired) electrons. The molecule has 92 valence electrons. The van der Waals surface area contributed by atoms with E-state index < -0.39 is 0 Å². The van der Waals surface area contributed by atoms with E-state index in [2.05, 4.69) is 40.5 Å². The molecule has 3 rings (SSSR count). The Morgan fingerprint density at radius 3 is 2.88 bits per heavy atom. The predicted octanol–water partition coefficient (Wildman–Crippen LogP) is 2.12. The maximum Gasteiger partial charge on any atom is 0.0233 e. The molecule has 1 aromatic rings. The van der Waals surface area contributed by atoms with E-state index in [-0.39, 0.29) is 0 Å². The van der Waals surface area contributed by atoms with Gasteiger partial charge in [-0.25, -0.2) is 0 Å². The van der Waals surface area contributed by atoms with Crippen LogP contribution >= 0.6 is 0 Å². The largest absolute Gasteiger partial charge is 0.316 e. The molecule has 2 nitrogen and oxygen atoms in total. The lowest BCUT2D eigenvalue weighted by atomic mass is 9.81. The first kappa shape index (κ1) is 11.2. The lowest BCUT2D eigenvalue weighted by Crippen LogP contribution is -2.47. The van der Waals surface area contributed by atoms with Crippen LogP contribution in [0, 0.1) is 11.8 Å². The van der Waals surface area contributed by atoms with Crippen LogP contribution in [-0.2, 0) is 6.54 Å². The quantitative estimate of drug-likeness (QED) is 0.837. The molecule has 2 aliphatic heterocycles. The van der Waals surface area contributed by atoms with E-state index in [1.807, 2.05) is 0 Å². The number of likely N-dealkylation sites (tertiary alicyclic amines) is 1. The Balaban J connectivity index is 1.59. The van der Waals surface area contributed by atoms with Crippen LogP contribution in [0.15, 0.2) is 30.3 Å². The molecule has 0 bridgehead atoms. The molecular formula is C15H22N2. The number of nitrogens with zero attached hydrogens (tertiary/aromatic N) is 1. The van der Waals surface area contributed by atoms with Crippen LogP contribution in [0.25, 0.3) is 0 Å². The Hall–Kier alpha value is -0.860. The van der Waals surface area contributed by atoms with Gasteiger partial charge in [0.25, 0.3) is 0 Å². The summed E-state index contributed by atoms with van der Waals surface area (Å²) in [5.41, 5.74) is 1.46. The third-order valence-electron chi connectivity index (χ3n) is 4.32. The van der Waals surface area contributed by atoms with Crippen LogP contribution in [0.2, 0.25) is 0 Å². The number of hydrogen-bond donors (Lipinski definition) is 1. The van der Waals surface area contributed by atoms with Crippen molar-refractivity contribution in [2.75, 3.05) is 26.2 Å². The van der Waals surface area contributed by atoms with Gasteiger partial charge in [-0.05, 0) is 49.9 Å². The number of rotatable bonds is 2. The molecule has 0 aromatic heterocycles. The normalized spacial score (nSPS) is 29.9. The zero-order valence-corrected chi connectivity index (χ0v) is 10.4. The van der Waals surface area contributed by atoms with Gasteiger partial charge in [-0.1, -0.05) is 30.3 Å². The minimum Gasteiger partial charge on any atom is -0.316 e. The van der Waals surface area contributed by atoms with E-state index in [9.17, 15) is 0 Å². The summed E-state index contributed by atoms with van der Waals surface area (Å²) < 4.78 is 0. The first-order chi connectivity index (χ1) is 8.42. The number of piperidine rings is 2. The smallest absolute Gasteiger partial charge is 0.0233 e. The second-order valence-electron chi connectivity index (χ2n) is 5.52. The van der Waals surface area contributed by atoms with E-state index in [0.717, 1.165) is 18.4 Å². The van der Waals surface area contributed by atoms with Crippen LogP contribution in [0.4, 0.5) is 0 Å². The summed E-state index contributed by atoms with van der Waals surface area (Å²) >= 11 is 0. The fourth-order valence-corrected chi connectivity index (χ4v) is 3.31. The lowest BCUT2D eigenvalue weighted by Gasteiger charge is -2.41. The number of benzene rings is 1. The molecule has 0 amide bonds. The van der Waals surface area contributed by atoms with Gasteiger partial charge in [0.05, 0.1) is 0 Å². The lowest BCUT2D eigenvalue weighted by molar-refractivity contribution is 0.0904. The van der Waals surface area contributed by atoms with Crippen molar-refractivity contribution in [3.8, 4) is 0 Å². The Bertz CT molecular complexity index is 349. The van der Waals surface area contributed by atoms with E-state index >= 15 is 0 Å². The zero-order valence-electron chi connectivity index (χ0n) is 10.4. The molecule has 1 N–H and O–H groups in total. The van der Waals surface area contributed by atoms with Crippen LogP contribution in [0.1, 0.15) is 18.4 Å². The average Bonchev–Trinajstić information content (AvgIpc) is 2.40. The molecule has 17 heavy (non-hydrogen) atoms. The van der Waals surface area contributed by atoms with Gasteiger partial charge >= 0.3 is 0 Å². The molecular weight excluding hydrogens is 208 g/mol. The minimum absolute atomic E-state index is 0.939. The van der Waals surface area contributed by atoms with Gasteiger partial charge in [-0.3, -0.25) is 4.90 Å². The Morgan fingerprint density at radius 1 is 1.12 bits per heavy atom. The van der Waals surface area contributed by atoms with Crippen molar-refractivity contribution in [1.82, 2.24) is 10.2 Å². The first-order valence-corrected chi connectivity index (χ1v) is 6.89. The second kappa shape index (κ2) is 5.19. The van der Waals surface area contributed by atoms with Crippen LogP contribution < -0.4 is 5.32 Å². The van der Waals surface area contributed by atoms with E-state index in [4.69, 9.17) is 0 Å². The highest BCUT2D eigenvalue weighted by atomic mass is 15.1. The Morgan fingerprint density at radius 2 is 2.00 bits per heavy atom. The summed E-state index contributed by atoms with van der Waals surface area (Å²) in [6.45, 7) is 6.20. The van der Waals surface area contributed by atoms with Gasteiger partial charge in [0.15, 0.2) is 0 Å². The number of hydrogen-bond acceptors (Lipinski definition) is 2. The summed E-state index contributed by atoms with van der Waals surface area (Å²) in [7, 11) is 0. The van der Waals surface area contributed by atoms with E-state index in [1.54, 1.807) is 0 Å². The SMILES string of the molecule is c1ccc(CN2CCC3CNCCC3C2)cc1. The Kier molecular flexibility index (Phi) is 3.44. The van der Waals surface area contributed by atoms with E-state index in [0.29, 0.717) is 0 Å². The molecule has 2 fully saturated rings. The molecule has 1 aromatic carbocycles. The molecule has 2 heterocycles. The van der Waals surface area contributed by atoms with Gasteiger partial charge in [0.1, 0.15) is 0 Å². The van der Waals surface area contributed by atoms with Gasteiger partial charge < -0.3 is 5.32 Å². The third kappa shape index (κ3) is 2.70. The van der Waals surface area contributed by atoms with Gasteiger partial charge in [0.2, 0.25) is 0 Å². The molecule has 2 atom stereocenters. The minimum atomic E-state index is 0.939.